The number of hydrogen-bond acceptors (Lipinski definition) is 5. The van der Waals surface area contributed by atoms with E-state index in [1.165, 1.54) is 4.90 Å². The van der Waals surface area contributed by atoms with E-state index in [1.54, 1.807) is 4.68 Å². The number of hydrogen-bond donors (Lipinski definition) is 3. The number of benzene rings is 1. The Morgan fingerprint density at radius 3 is 2.92 bits per heavy atom. The zero-order chi connectivity index (χ0) is 17.6. The van der Waals surface area contributed by atoms with Crippen molar-refractivity contribution >= 4 is 28.7 Å². The Labute approximate surface area is 144 Å². The van der Waals surface area contributed by atoms with E-state index < -0.39 is 12.1 Å². The summed E-state index contributed by atoms with van der Waals surface area (Å²) >= 11 is 0. The molecule has 8 heteroatoms. The van der Waals surface area contributed by atoms with E-state index in [1.807, 2.05) is 25.2 Å². The average Bonchev–Trinajstić information content (AvgIpc) is 2.91. The fourth-order valence-corrected chi connectivity index (χ4v) is 3.68. The number of aryl methyl sites for hydroxylation is 1. The predicted octanol–water partition coefficient (Wildman–Crippen LogP) is 0.457. The third-order valence-electron chi connectivity index (χ3n) is 5.04. The quantitative estimate of drug-likeness (QED) is 0.736. The van der Waals surface area contributed by atoms with Gasteiger partial charge in [0.2, 0.25) is 5.91 Å². The first-order valence-corrected chi connectivity index (χ1v) is 8.51. The Morgan fingerprint density at radius 1 is 1.32 bits per heavy atom. The fourth-order valence-electron chi connectivity index (χ4n) is 3.68. The van der Waals surface area contributed by atoms with E-state index in [-0.39, 0.29) is 18.2 Å². The van der Waals surface area contributed by atoms with Gasteiger partial charge in [0.15, 0.2) is 5.82 Å². The lowest BCUT2D eigenvalue weighted by Gasteiger charge is -2.28. The number of urea groups is 1. The first-order valence-electron chi connectivity index (χ1n) is 8.51. The van der Waals surface area contributed by atoms with Crippen LogP contribution >= 0.6 is 0 Å². The van der Waals surface area contributed by atoms with E-state index in [2.05, 4.69) is 15.7 Å². The van der Waals surface area contributed by atoms with Gasteiger partial charge in [0.25, 0.3) is 0 Å². The molecular formula is C17H21N5O3. The number of β-amino-alcohol motifs (C(OH)–C–C–N with tert-alkyl or cyclic N) is 1. The molecule has 0 radical (unpaired) electrons. The molecule has 0 aliphatic carbocycles. The van der Waals surface area contributed by atoms with Crippen molar-refractivity contribution in [1.82, 2.24) is 20.4 Å². The number of rotatable bonds is 2. The van der Waals surface area contributed by atoms with Gasteiger partial charge >= 0.3 is 6.03 Å². The van der Waals surface area contributed by atoms with Crippen molar-refractivity contribution in [2.45, 2.75) is 24.9 Å². The van der Waals surface area contributed by atoms with Crippen LogP contribution < -0.4 is 15.5 Å². The maximum Gasteiger partial charge on any atom is 0.329 e. The van der Waals surface area contributed by atoms with Crippen LogP contribution in [0.5, 0.6) is 0 Å². The smallest absolute Gasteiger partial charge is 0.329 e. The summed E-state index contributed by atoms with van der Waals surface area (Å²) in [5.74, 6) is 0.392. The molecule has 1 aromatic heterocycles. The van der Waals surface area contributed by atoms with Crippen LogP contribution in [-0.4, -0.2) is 52.6 Å². The number of nitrogens with zero attached hydrogens (tertiary/aromatic N) is 3. The number of carbonyl (C=O) groups is 2. The molecule has 2 fully saturated rings. The molecule has 0 saturated carbocycles. The number of anilines is 1. The molecule has 0 spiro atoms. The van der Waals surface area contributed by atoms with Gasteiger partial charge in [-0.1, -0.05) is 6.07 Å². The van der Waals surface area contributed by atoms with Crippen molar-refractivity contribution in [1.29, 1.82) is 0 Å². The molecule has 0 bridgehead atoms. The topological polar surface area (TPSA) is 99.5 Å². The highest BCUT2D eigenvalue weighted by Gasteiger charge is 2.29. The van der Waals surface area contributed by atoms with E-state index in [0.717, 1.165) is 29.4 Å². The number of aliphatic hydroxyl groups is 1. The predicted molar refractivity (Wildman–Crippen MR) is 92.5 cm³/mol. The lowest BCUT2D eigenvalue weighted by atomic mass is 9.87. The molecule has 1 aromatic carbocycles. The van der Waals surface area contributed by atoms with Crippen LogP contribution in [0.25, 0.3) is 10.9 Å². The molecule has 3 amide bonds. The minimum Gasteiger partial charge on any atom is -0.391 e. The molecule has 25 heavy (non-hydrogen) atoms. The maximum atomic E-state index is 12.1. The van der Waals surface area contributed by atoms with Gasteiger partial charge in [0.1, 0.15) is 0 Å². The normalized spacial score (nSPS) is 24.6. The van der Waals surface area contributed by atoms with Crippen LogP contribution in [0.1, 0.15) is 24.3 Å². The number of fused-ring (bicyclic) bond motifs is 1. The Bertz CT molecular complexity index is 846. The third-order valence-corrected chi connectivity index (χ3v) is 5.04. The van der Waals surface area contributed by atoms with Gasteiger partial charge in [-0.2, -0.15) is 5.10 Å². The molecule has 0 unspecified atom stereocenters. The van der Waals surface area contributed by atoms with Crippen LogP contribution in [0.15, 0.2) is 18.2 Å². The van der Waals surface area contributed by atoms with Gasteiger partial charge < -0.3 is 10.4 Å². The minimum absolute atomic E-state index is 0.0971. The van der Waals surface area contributed by atoms with Crippen LogP contribution in [0.4, 0.5) is 10.6 Å². The number of carbonyl (C=O) groups excluding carboxylic acids is 2. The third kappa shape index (κ3) is 2.77. The Morgan fingerprint density at radius 2 is 2.16 bits per heavy atom. The lowest BCUT2D eigenvalue weighted by molar-refractivity contribution is -0.120. The minimum atomic E-state index is -0.436. The summed E-state index contributed by atoms with van der Waals surface area (Å²) in [5.41, 5.74) is 1.98. The monoisotopic (exact) mass is 343 g/mol. The van der Waals surface area contributed by atoms with Crippen LogP contribution in [-0.2, 0) is 11.8 Å². The molecule has 132 valence electrons. The van der Waals surface area contributed by atoms with Gasteiger partial charge in [0, 0.05) is 37.9 Å². The van der Waals surface area contributed by atoms with Crippen LogP contribution in [0, 0.1) is 0 Å². The van der Waals surface area contributed by atoms with E-state index >= 15 is 0 Å². The number of aromatic nitrogens is 2. The van der Waals surface area contributed by atoms with Crippen molar-refractivity contribution < 1.29 is 14.7 Å². The zero-order valence-corrected chi connectivity index (χ0v) is 14.0. The van der Waals surface area contributed by atoms with Gasteiger partial charge in [0.05, 0.1) is 11.6 Å². The second kappa shape index (κ2) is 6.12. The Hall–Kier alpha value is -2.45. The molecule has 2 aliphatic rings. The van der Waals surface area contributed by atoms with Gasteiger partial charge in [-0.05, 0) is 30.7 Å². The number of imide groups is 1. The standard InChI is InChI=1S/C17H21N5O3/c1-21-13-8-10(11-4-6-18-9-14(11)23)2-3-12(13)16(20-21)22-7-5-15(24)19-17(22)25/h2-3,8,11,14,18,23H,4-7,9H2,1H3,(H,19,24,25)/t11-,14-/m0/s1. The highest BCUT2D eigenvalue weighted by atomic mass is 16.3. The molecule has 2 saturated heterocycles. The van der Waals surface area contributed by atoms with Crippen molar-refractivity contribution in [3.8, 4) is 0 Å². The summed E-state index contributed by atoms with van der Waals surface area (Å²) in [7, 11) is 1.83. The highest BCUT2D eigenvalue weighted by Crippen LogP contribution is 2.32. The average molecular weight is 343 g/mol. The van der Waals surface area contributed by atoms with Crippen molar-refractivity contribution in [2.24, 2.45) is 7.05 Å². The summed E-state index contributed by atoms with van der Waals surface area (Å²) in [5, 5.41) is 21.1. The Kier molecular flexibility index (Phi) is 3.93. The number of amides is 3. The van der Waals surface area contributed by atoms with Crippen molar-refractivity contribution in [2.75, 3.05) is 24.5 Å². The van der Waals surface area contributed by atoms with Gasteiger partial charge in [-0.15, -0.1) is 0 Å². The van der Waals surface area contributed by atoms with Crippen molar-refractivity contribution in [3.63, 3.8) is 0 Å². The summed E-state index contributed by atoms with van der Waals surface area (Å²) in [6, 6.07) is 5.55. The zero-order valence-electron chi connectivity index (χ0n) is 14.0. The molecule has 3 N–H and O–H groups in total. The summed E-state index contributed by atoms with van der Waals surface area (Å²) < 4.78 is 1.74. The second-order valence-electron chi connectivity index (χ2n) is 6.65. The van der Waals surface area contributed by atoms with Crippen LogP contribution in [0.3, 0.4) is 0 Å². The highest BCUT2D eigenvalue weighted by molar-refractivity contribution is 6.08. The molecule has 3 heterocycles. The first kappa shape index (κ1) is 16.0. The van der Waals surface area contributed by atoms with Crippen LogP contribution in [0.2, 0.25) is 0 Å². The maximum absolute atomic E-state index is 12.1. The van der Waals surface area contributed by atoms with Crippen molar-refractivity contribution in [3.05, 3.63) is 23.8 Å². The molecule has 8 nitrogen and oxygen atoms in total. The number of nitrogens with one attached hydrogen (secondary N) is 2. The second-order valence-corrected chi connectivity index (χ2v) is 6.65. The molecule has 2 atom stereocenters. The molecule has 2 aromatic rings. The van der Waals surface area contributed by atoms with E-state index in [4.69, 9.17) is 0 Å². The lowest BCUT2D eigenvalue weighted by Crippen LogP contribution is -2.49. The van der Waals surface area contributed by atoms with Gasteiger partial charge in [-0.3, -0.25) is 19.7 Å². The molecule has 4 rings (SSSR count). The fraction of sp³-hybridized carbons (Fsp3) is 0.471. The largest absolute Gasteiger partial charge is 0.391 e. The summed E-state index contributed by atoms with van der Waals surface area (Å²) in [6.07, 6.45) is 0.745. The Balaban J connectivity index is 1.71. The van der Waals surface area contributed by atoms with Gasteiger partial charge in [-0.25, -0.2) is 4.79 Å². The SMILES string of the molecule is Cn1nc(N2CCC(=O)NC2=O)c2ccc([C@@H]3CCNC[C@@H]3O)cc21. The number of piperidine rings is 1. The van der Waals surface area contributed by atoms with E-state index in [0.29, 0.717) is 18.9 Å². The molecule has 2 aliphatic heterocycles. The summed E-state index contributed by atoms with van der Waals surface area (Å²) in [4.78, 5) is 25.0. The summed E-state index contributed by atoms with van der Waals surface area (Å²) in [6.45, 7) is 1.81. The van der Waals surface area contributed by atoms with E-state index in [9.17, 15) is 14.7 Å². The molecular weight excluding hydrogens is 322 g/mol. The first-order chi connectivity index (χ1) is 12.0. The number of aliphatic hydroxyl groups excluding tert-OH is 1.